The van der Waals surface area contributed by atoms with Gasteiger partial charge in [-0.25, -0.2) is 4.79 Å². The van der Waals surface area contributed by atoms with Gasteiger partial charge >= 0.3 is 6.09 Å². The van der Waals surface area contributed by atoms with E-state index in [2.05, 4.69) is 22.3 Å². The molecule has 2 aliphatic heterocycles. The minimum atomic E-state index is -0.214. The van der Waals surface area contributed by atoms with Crippen LogP contribution >= 0.6 is 24.0 Å². The number of nitrogens with one attached hydrogen (secondary N) is 1. The average Bonchev–Trinajstić information content (AvgIpc) is 2.54. The van der Waals surface area contributed by atoms with Gasteiger partial charge in [0, 0.05) is 32.2 Å². The molecule has 0 aromatic carbocycles. The van der Waals surface area contributed by atoms with E-state index < -0.39 is 0 Å². The summed E-state index contributed by atoms with van der Waals surface area (Å²) in [6.45, 7) is 6.75. The fraction of sp³-hybridized carbons (Fsp3) is 0.875. The summed E-state index contributed by atoms with van der Waals surface area (Å²) in [4.78, 5) is 20.3. The van der Waals surface area contributed by atoms with Crippen molar-refractivity contribution in [2.45, 2.75) is 38.6 Å². The Bertz CT molecular complexity index is 413. The van der Waals surface area contributed by atoms with Gasteiger partial charge in [-0.05, 0) is 52.1 Å². The number of ether oxygens (including phenoxy) is 1. The van der Waals surface area contributed by atoms with Gasteiger partial charge in [-0.1, -0.05) is 0 Å². The molecule has 24 heavy (non-hydrogen) atoms. The summed E-state index contributed by atoms with van der Waals surface area (Å²) in [5, 5.41) is 3.30. The molecule has 0 bridgehead atoms. The zero-order valence-corrected chi connectivity index (χ0v) is 17.2. The van der Waals surface area contributed by atoms with Gasteiger partial charge in [0.2, 0.25) is 0 Å². The van der Waals surface area contributed by atoms with Crippen molar-refractivity contribution >= 4 is 36.0 Å². The summed E-state index contributed by atoms with van der Waals surface area (Å²) in [5.41, 5.74) is 6.02. The number of hydrogen-bond donors (Lipinski definition) is 2. The summed E-state index contributed by atoms with van der Waals surface area (Å²) < 4.78 is 5.03. The van der Waals surface area contributed by atoms with Crippen LogP contribution in [0.4, 0.5) is 4.79 Å². The molecule has 2 rings (SSSR count). The molecule has 1 atom stereocenters. The van der Waals surface area contributed by atoms with Crippen LogP contribution in [0.2, 0.25) is 0 Å². The number of hydrogen-bond acceptors (Lipinski definition) is 4. The number of nitrogens with zero attached hydrogens (tertiary/aromatic N) is 3. The summed E-state index contributed by atoms with van der Waals surface area (Å²) in [6, 6.07) is 0.290. The van der Waals surface area contributed by atoms with Gasteiger partial charge in [0.15, 0.2) is 5.96 Å². The Hall–Kier alpha value is -0.770. The molecule has 0 aromatic rings. The molecule has 0 spiro atoms. The molecular weight excluding hydrogens is 421 g/mol. The van der Waals surface area contributed by atoms with Crippen molar-refractivity contribution < 1.29 is 9.53 Å². The van der Waals surface area contributed by atoms with Crippen molar-refractivity contribution in [2.75, 3.05) is 46.4 Å². The third-order valence-corrected chi connectivity index (χ3v) is 4.61. The third-order valence-electron chi connectivity index (χ3n) is 4.61. The largest absolute Gasteiger partial charge is 0.450 e. The molecular formula is C16H32IN5O2. The number of amides is 1. The van der Waals surface area contributed by atoms with Crippen LogP contribution in [0, 0.1) is 5.92 Å². The second kappa shape index (κ2) is 11.0. The molecule has 2 saturated heterocycles. The lowest BCUT2D eigenvalue weighted by Gasteiger charge is -2.32. The van der Waals surface area contributed by atoms with Gasteiger partial charge in [0.1, 0.15) is 0 Å². The molecule has 8 heteroatoms. The van der Waals surface area contributed by atoms with E-state index in [1.54, 1.807) is 4.90 Å². The van der Waals surface area contributed by atoms with Crippen LogP contribution in [0.5, 0.6) is 0 Å². The number of likely N-dealkylation sites (tertiary alicyclic amines) is 2. The molecule has 140 valence electrons. The zero-order chi connectivity index (χ0) is 16.7. The summed E-state index contributed by atoms with van der Waals surface area (Å²) in [7, 11) is 2.16. The van der Waals surface area contributed by atoms with E-state index in [9.17, 15) is 4.79 Å². The lowest BCUT2D eigenvalue weighted by Crippen LogP contribution is -2.48. The second-order valence-corrected chi connectivity index (χ2v) is 6.60. The third kappa shape index (κ3) is 7.00. The van der Waals surface area contributed by atoms with E-state index in [4.69, 9.17) is 10.5 Å². The summed E-state index contributed by atoms with van der Waals surface area (Å²) in [5.74, 6) is 1.15. The van der Waals surface area contributed by atoms with Gasteiger partial charge in [-0.3, -0.25) is 4.99 Å². The van der Waals surface area contributed by atoms with Crippen LogP contribution in [0.1, 0.15) is 32.6 Å². The number of rotatable bonds is 4. The van der Waals surface area contributed by atoms with Crippen LogP contribution in [-0.2, 0) is 4.74 Å². The van der Waals surface area contributed by atoms with E-state index in [1.165, 1.54) is 19.4 Å². The molecule has 3 N–H and O–H groups in total. The van der Waals surface area contributed by atoms with Crippen LogP contribution < -0.4 is 11.1 Å². The first-order chi connectivity index (χ1) is 11.1. The highest BCUT2D eigenvalue weighted by Crippen LogP contribution is 2.15. The van der Waals surface area contributed by atoms with Crippen LogP contribution in [0.15, 0.2) is 4.99 Å². The van der Waals surface area contributed by atoms with Gasteiger partial charge in [0.25, 0.3) is 0 Å². The van der Waals surface area contributed by atoms with E-state index >= 15 is 0 Å². The first-order valence-electron chi connectivity index (χ1n) is 8.75. The van der Waals surface area contributed by atoms with E-state index in [0.29, 0.717) is 37.6 Å². The van der Waals surface area contributed by atoms with E-state index in [1.807, 2.05) is 6.92 Å². The Morgan fingerprint density at radius 1 is 1.29 bits per heavy atom. The number of piperidine rings is 2. The van der Waals surface area contributed by atoms with E-state index in [0.717, 1.165) is 25.9 Å². The average molecular weight is 453 g/mol. The fourth-order valence-corrected chi connectivity index (χ4v) is 3.33. The Labute approximate surface area is 162 Å². The molecule has 0 aliphatic carbocycles. The maximum absolute atomic E-state index is 11.7. The Kier molecular flexibility index (Phi) is 9.72. The van der Waals surface area contributed by atoms with Crippen molar-refractivity contribution in [1.82, 2.24) is 15.1 Å². The smallest absolute Gasteiger partial charge is 0.409 e. The molecule has 1 amide bonds. The maximum atomic E-state index is 11.7. The van der Waals surface area contributed by atoms with Gasteiger partial charge in [-0.2, -0.15) is 0 Å². The van der Waals surface area contributed by atoms with Crippen LogP contribution in [0.3, 0.4) is 0 Å². The van der Waals surface area contributed by atoms with E-state index in [-0.39, 0.29) is 30.1 Å². The predicted octanol–water partition coefficient (Wildman–Crippen LogP) is 1.47. The lowest BCUT2D eigenvalue weighted by atomic mass is 9.99. The molecule has 1 unspecified atom stereocenters. The van der Waals surface area contributed by atoms with Crippen molar-refractivity contribution in [3.63, 3.8) is 0 Å². The number of nitrogens with two attached hydrogens (primary N) is 1. The SMILES string of the molecule is CCOC(=O)N1CCC(NC(N)=NCC2CCCN(C)C2)CC1.I. The summed E-state index contributed by atoms with van der Waals surface area (Å²) in [6.07, 6.45) is 4.02. The standard InChI is InChI=1S/C16H31N5O2.HI/c1-3-23-16(22)21-9-6-14(7-10-21)19-15(17)18-11-13-5-4-8-20(2)12-13;/h13-14H,3-12H2,1-2H3,(H3,17,18,19);1H. The second-order valence-electron chi connectivity index (χ2n) is 6.60. The van der Waals surface area contributed by atoms with Crippen molar-refractivity contribution in [2.24, 2.45) is 16.6 Å². The van der Waals surface area contributed by atoms with Crippen LogP contribution in [0.25, 0.3) is 0 Å². The first kappa shape index (κ1) is 21.3. The highest BCUT2D eigenvalue weighted by atomic mass is 127. The molecule has 0 saturated carbocycles. The van der Waals surface area contributed by atoms with Crippen molar-refractivity contribution in [1.29, 1.82) is 0 Å². The first-order valence-corrected chi connectivity index (χ1v) is 8.75. The number of aliphatic imine (C=N–C) groups is 1. The predicted molar refractivity (Wildman–Crippen MR) is 107 cm³/mol. The van der Waals surface area contributed by atoms with Gasteiger partial charge in [-0.15, -0.1) is 24.0 Å². The van der Waals surface area contributed by atoms with Gasteiger partial charge in [0.05, 0.1) is 6.61 Å². The quantitative estimate of drug-likeness (QED) is 0.383. The minimum absolute atomic E-state index is 0. The highest BCUT2D eigenvalue weighted by Gasteiger charge is 2.24. The number of carbonyl (C=O) groups excluding carboxylic acids is 1. The monoisotopic (exact) mass is 453 g/mol. The minimum Gasteiger partial charge on any atom is -0.450 e. The Morgan fingerprint density at radius 3 is 2.62 bits per heavy atom. The number of guanidine groups is 1. The fourth-order valence-electron chi connectivity index (χ4n) is 3.33. The molecule has 2 heterocycles. The highest BCUT2D eigenvalue weighted by molar-refractivity contribution is 14.0. The van der Waals surface area contributed by atoms with Crippen LogP contribution in [-0.4, -0.2) is 74.3 Å². The molecule has 2 fully saturated rings. The Morgan fingerprint density at radius 2 is 2.00 bits per heavy atom. The normalized spacial score (nSPS) is 23.5. The van der Waals surface area contributed by atoms with Gasteiger partial charge < -0.3 is 25.6 Å². The van der Waals surface area contributed by atoms with Crippen molar-refractivity contribution in [3.05, 3.63) is 0 Å². The summed E-state index contributed by atoms with van der Waals surface area (Å²) >= 11 is 0. The maximum Gasteiger partial charge on any atom is 0.409 e. The molecule has 0 aromatic heterocycles. The lowest BCUT2D eigenvalue weighted by molar-refractivity contribution is 0.0963. The Balaban J connectivity index is 0.00000288. The topological polar surface area (TPSA) is 83.2 Å². The zero-order valence-electron chi connectivity index (χ0n) is 14.9. The molecule has 0 radical (unpaired) electrons. The molecule has 2 aliphatic rings. The number of carbonyl (C=O) groups is 1. The molecule has 7 nitrogen and oxygen atoms in total. The number of halogens is 1. The van der Waals surface area contributed by atoms with Crippen molar-refractivity contribution in [3.8, 4) is 0 Å².